The van der Waals surface area contributed by atoms with Crippen LogP contribution in [0.1, 0.15) is 77.1 Å². The molecule has 0 spiro atoms. The molecule has 4 aliphatic rings. The van der Waals surface area contributed by atoms with Crippen molar-refractivity contribution in [2.24, 2.45) is 23.7 Å². The van der Waals surface area contributed by atoms with Crippen molar-refractivity contribution < 1.29 is 28.7 Å². The summed E-state index contributed by atoms with van der Waals surface area (Å²) in [5.74, 6) is 2.00. The number of methoxy groups -OCH3 is 2. The number of amides is 4. The van der Waals surface area contributed by atoms with Gasteiger partial charge in [-0.2, -0.15) is 0 Å². The van der Waals surface area contributed by atoms with Crippen molar-refractivity contribution in [1.29, 1.82) is 0 Å². The lowest BCUT2D eigenvalue weighted by molar-refractivity contribution is -0.137. The third-order valence-corrected chi connectivity index (χ3v) is 13.4. The topological polar surface area (TPSA) is 175 Å². The zero-order valence-corrected chi connectivity index (χ0v) is 34.6. The Labute approximate surface area is 346 Å². The molecule has 0 radical (unpaired) electrons. The number of aromatic nitrogens is 4. The minimum absolute atomic E-state index is 0.0978. The van der Waals surface area contributed by atoms with Crippen molar-refractivity contribution in [2.45, 2.75) is 89.6 Å². The van der Waals surface area contributed by atoms with Crippen LogP contribution in [-0.4, -0.2) is 92.1 Å². The number of H-pyrrole nitrogens is 2. The predicted octanol–water partition coefficient (Wildman–Crippen LogP) is 7.50. The number of hydrogen-bond donors (Lipinski definition) is 4. The molecule has 14 nitrogen and oxygen atoms in total. The maximum absolute atomic E-state index is 14.0. The first-order valence-electron chi connectivity index (χ1n) is 21.1. The number of aromatic amines is 2. The standard InChI is InChI=1S/C46H50N8O6/c1-21(2)37(51-45(57)59-5)43(55)53-33-17-27(33)19-35(53)41-47-31-13-9-25-15-23(7-11-29(25)39(31)49-41)24-8-12-30-26(16-24)10-14-32-40(30)50-42(48-32)36-20-28-18-34(28)54(36)44(56)38(22(3)4)52-46(58)60-6/h7-16,21-22,27-28,33-38H,17-20H2,1-6H3,(H,47,49)(H,48,50)(H,51,57)(H,52,58)/t27-,28-,33-,34-,35+,36+,37+,38+/m1/s1. The van der Waals surface area contributed by atoms with E-state index in [-0.39, 0.29) is 47.8 Å². The van der Waals surface area contributed by atoms with Crippen LogP contribution in [-0.2, 0) is 19.1 Å². The molecule has 2 aliphatic carbocycles. The van der Waals surface area contributed by atoms with E-state index in [1.54, 1.807) is 0 Å². The lowest BCUT2D eigenvalue weighted by Gasteiger charge is -2.31. The lowest BCUT2D eigenvalue weighted by atomic mass is 9.98. The Morgan fingerprint density at radius 2 is 1.03 bits per heavy atom. The van der Waals surface area contributed by atoms with E-state index in [0.717, 1.165) is 92.1 Å². The third-order valence-electron chi connectivity index (χ3n) is 13.4. The van der Waals surface area contributed by atoms with E-state index < -0.39 is 24.3 Å². The van der Waals surface area contributed by atoms with E-state index in [4.69, 9.17) is 19.4 Å². The summed E-state index contributed by atoms with van der Waals surface area (Å²) in [6.45, 7) is 7.71. The highest BCUT2D eigenvalue weighted by atomic mass is 16.5. The normalized spacial score (nSPS) is 23.9. The number of fused-ring (bicyclic) bond motifs is 8. The minimum Gasteiger partial charge on any atom is -0.453 e. The van der Waals surface area contributed by atoms with Gasteiger partial charge in [0.25, 0.3) is 0 Å². The number of nitrogens with one attached hydrogen (secondary N) is 4. The monoisotopic (exact) mass is 810 g/mol. The van der Waals surface area contributed by atoms with Gasteiger partial charge >= 0.3 is 12.2 Å². The fourth-order valence-electron chi connectivity index (χ4n) is 10.1. The van der Waals surface area contributed by atoms with E-state index in [2.05, 4.69) is 69.1 Å². The molecular formula is C46H50N8O6. The summed E-state index contributed by atoms with van der Waals surface area (Å²) in [6.07, 6.45) is 2.39. The molecule has 2 saturated heterocycles. The molecule has 2 aliphatic heterocycles. The summed E-state index contributed by atoms with van der Waals surface area (Å²) in [4.78, 5) is 73.4. The maximum Gasteiger partial charge on any atom is 0.407 e. The average molecular weight is 811 g/mol. The van der Waals surface area contributed by atoms with Gasteiger partial charge in [0.2, 0.25) is 11.8 Å². The molecule has 4 fully saturated rings. The second-order valence-electron chi connectivity index (χ2n) is 17.9. The Hall–Kier alpha value is -6.18. The van der Waals surface area contributed by atoms with Crippen LogP contribution in [0.4, 0.5) is 9.59 Å². The van der Waals surface area contributed by atoms with Crippen molar-refractivity contribution in [3.8, 4) is 11.1 Å². The van der Waals surface area contributed by atoms with E-state index in [9.17, 15) is 19.2 Å². The van der Waals surface area contributed by atoms with Gasteiger partial charge in [-0.15, -0.1) is 0 Å². The summed E-state index contributed by atoms with van der Waals surface area (Å²) in [6, 6.07) is 19.8. The van der Waals surface area contributed by atoms with Gasteiger partial charge in [0.15, 0.2) is 0 Å². The zero-order valence-electron chi connectivity index (χ0n) is 34.6. The quantitative estimate of drug-likeness (QED) is 0.116. The molecule has 4 amide bonds. The first-order chi connectivity index (χ1) is 28.9. The molecule has 6 aromatic rings. The van der Waals surface area contributed by atoms with Crippen molar-refractivity contribution in [3.63, 3.8) is 0 Å². The lowest BCUT2D eigenvalue weighted by Crippen LogP contribution is -2.52. The molecule has 4 heterocycles. The molecule has 2 aromatic heterocycles. The van der Waals surface area contributed by atoms with Gasteiger partial charge in [0.05, 0.1) is 48.4 Å². The van der Waals surface area contributed by atoms with Crippen LogP contribution in [0.3, 0.4) is 0 Å². The van der Waals surface area contributed by atoms with Crippen molar-refractivity contribution in [1.82, 2.24) is 40.4 Å². The fourth-order valence-corrected chi connectivity index (χ4v) is 10.1. The maximum atomic E-state index is 14.0. The number of carbonyl (C=O) groups excluding carboxylic acids is 4. The van der Waals surface area contributed by atoms with E-state index in [0.29, 0.717) is 11.8 Å². The van der Waals surface area contributed by atoms with Crippen LogP contribution in [0.25, 0.3) is 54.7 Å². The van der Waals surface area contributed by atoms with Gasteiger partial charge in [0.1, 0.15) is 23.7 Å². The van der Waals surface area contributed by atoms with E-state index in [1.807, 2.05) is 49.6 Å². The number of imidazole rings is 2. The average Bonchev–Trinajstić information content (AvgIpc) is 3.89. The molecule has 0 unspecified atom stereocenters. The second kappa shape index (κ2) is 14.2. The SMILES string of the molecule is COC(=O)N[C@H](C(=O)N1[C@@H]2C[C@@H]2C[C@H]1c1nc2ccc3cc(-c4ccc5c(ccc6nc([C@@H]7C[C@H]8C[C@H]8N7C(=O)[C@@H](NC(=O)OC)C(C)C)[nH]c65)c4)ccc3c2[nH]1)C(C)C. The minimum atomic E-state index is -0.687. The van der Waals surface area contributed by atoms with Crippen molar-refractivity contribution in [2.75, 3.05) is 14.2 Å². The fraction of sp³-hybridized carbons (Fsp3) is 0.435. The Bertz CT molecular complexity index is 2550. The summed E-state index contributed by atoms with van der Waals surface area (Å²) >= 11 is 0. The molecular weight excluding hydrogens is 761 g/mol. The van der Waals surface area contributed by atoms with Crippen molar-refractivity contribution >= 4 is 67.6 Å². The number of nitrogens with zero attached hydrogens (tertiary/aromatic N) is 4. The van der Waals surface area contributed by atoms with Gasteiger partial charge < -0.3 is 39.9 Å². The number of rotatable bonds is 9. The Kier molecular flexibility index (Phi) is 9.03. The number of alkyl carbamates (subject to hydrolysis) is 2. The number of ether oxygens (including phenoxy) is 2. The highest BCUT2D eigenvalue weighted by Gasteiger charge is 2.57. The Balaban J connectivity index is 0.918. The molecule has 2 saturated carbocycles. The summed E-state index contributed by atoms with van der Waals surface area (Å²) in [5.41, 5.74) is 5.73. The van der Waals surface area contributed by atoms with Crippen LogP contribution in [0.5, 0.6) is 0 Å². The third kappa shape index (κ3) is 6.29. The van der Waals surface area contributed by atoms with Gasteiger partial charge in [-0.3, -0.25) is 9.59 Å². The molecule has 10 rings (SSSR count). The smallest absolute Gasteiger partial charge is 0.407 e. The highest BCUT2D eigenvalue weighted by molar-refractivity contribution is 6.07. The summed E-state index contributed by atoms with van der Waals surface area (Å²) in [7, 11) is 2.61. The van der Waals surface area contributed by atoms with Crippen LogP contribution in [0.2, 0.25) is 0 Å². The van der Waals surface area contributed by atoms with Gasteiger partial charge in [-0.05, 0) is 95.5 Å². The molecule has 4 N–H and O–H groups in total. The molecule has 310 valence electrons. The van der Waals surface area contributed by atoms with Gasteiger partial charge in [-0.25, -0.2) is 19.6 Å². The van der Waals surface area contributed by atoms with Gasteiger partial charge in [0, 0.05) is 22.9 Å². The number of piperidine rings is 2. The van der Waals surface area contributed by atoms with E-state index in [1.165, 1.54) is 14.2 Å². The number of benzene rings is 4. The van der Waals surface area contributed by atoms with Crippen molar-refractivity contribution in [3.05, 3.63) is 72.3 Å². The largest absolute Gasteiger partial charge is 0.453 e. The van der Waals surface area contributed by atoms with Crippen LogP contribution >= 0.6 is 0 Å². The first kappa shape index (κ1) is 38.0. The van der Waals surface area contributed by atoms with Crippen LogP contribution < -0.4 is 10.6 Å². The summed E-state index contributed by atoms with van der Waals surface area (Å²) in [5, 5.41) is 9.76. The predicted molar refractivity (Wildman–Crippen MR) is 227 cm³/mol. The summed E-state index contributed by atoms with van der Waals surface area (Å²) < 4.78 is 9.66. The molecule has 60 heavy (non-hydrogen) atoms. The number of carbonyl (C=O) groups is 4. The van der Waals surface area contributed by atoms with Crippen LogP contribution in [0, 0.1) is 23.7 Å². The molecule has 4 aromatic carbocycles. The van der Waals surface area contributed by atoms with E-state index >= 15 is 0 Å². The zero-order chi connectivity index (χ0) is 41.7. The highest BCUT2D eigenvalue weighted by Crippen LogP contribution is 2.55. The Morgan fingerprint density at radius 1 is 0.617 bits per heavy atom. The van der Waals surface area contributed by atoms with Crippen LogP contribution in [0.15, 0.2) is 60.7 Å². The molecule has 14 heteroatoms. The molecule has 8 atom stereocenters. The first-order valence-corrected chi connectivity index (χ1v) is 21.1. The Morgan fingerprint density at radius 3 is 1.42 bits per heavy atom. The second-order valence-corrected chi connectivity index (χ2v) is 17.9. The number of likely N-dealkylation sites (tertiary alicyclic amines) is 2. The number of hydrogen-bond acceptors (Lipinski definition) is 8. The molecule has 0 bridgehead atoms. The van der Waals surface area contributed by atoms with Gasteiger partial charge in [-0.1, -0.05) is 64.1 Å².